The minimum absolute atomic E-state index is 0.153. The zero-order valence-corrected chi connectivity index (χ0v) is 27.0. The third-order valence-electron chi connectivity index (χ3n) is 6.17. The molecular formula is C28H36ClF3NO7PS-2. The van der Waals surface area contributed by atoms with E-state index in [9.17, 15) is 32.3 Å². The van der Waals surface area contributed by atoms with Crippen molar-refractivity contribution in [1.82, 2.24) is 5.32 Å². The van der Waals surface area contributed by atoms with Crippen LogP contribution in [0.5, 0.6) is 5.75 Å². The monoisotopic (exact) mass is 653 g/mol. The fraction of sp³-hybridized carbons (Fsp3) is 0.536. The summed E-state index contributed by atoms with van der Waals surface area (Å²) in [6.07, 6.45) is -5.02. The summed E-state index contributed by atoms with van der Waals surface area (Å²) in [5, 5.41) is 1.37. The molecule has 2 rings (SSSR count). The molecule has 8 nitrogen and oxygen atoms in total. The van der Waals surface area contributed by atoms with E-state index in [1.54, 1.807) is 45.9 Å². The number of amides is 1. The molecule has 0 radical (unpaired) electrons. The molecule has 0 aromatic heterocycles. The maximum Gasteiger partial charge on any atom is 0.416 e. The average Bonchev–Trinajstić information content (AvgIpc) is 2.79. The van der Waals surface area contributed by atoms with E-state index in [1.807, 2.05) is 0 Å². The summed E-state index contributed by atoms with van der Waals surface area (Å²) in [5.74, 6) is 0.204. The van der Waals surface area contributed by atoms with Gasteiger partial charge in [0.2, 0.25) is 0 Å². The number of benzene rings is 2. The number of carbonyl (C=O) groups excluding carboxylic acids is 1. The van der Waals surface area contributed by atoms with Gasteiger partial charge >= 0.3 is 12.3 Å². The van der Waals surface area contributed by atoms with E-state index in [0.29, 0.717) is 15.5 Å². The van der Waals surface area contributed by atoms with Crippen LogP contribution in [0.4, 0.5) is 18.0 Å². The van der Waals surface area contributed by atoms with Crippen molar-refractivity contribution in [2.45, 2.75) is 93.1 Å². The molecule has 0 fully saturated rings. The fourth-order valence-corrected chi connectivity index (χ4v) is 6.00. The third kappa shape index (κ3) is 11.0. The van der Waals surface area contributed by atoms with Crippen LogP contribution in [-0.4, -0.2) is 36.3 Å². The summed E-state index contributed by atoms with van der Waals surface area (Å²) in [5.41, 5.74) is -2.17. The van der Waals surface area contributed by atoms with E-state index in [2.05, 4.69) is 5.32 Å². The first-order valence-electron chi connectivity index (χ1n) is 12.9. The number of nitrogens with one attached hydrogen (secondary N) is 1. The number of methoxy groups -OCH3 is 1. The SMILES string of the molecule is COCOc1ccc(C(F)(F)F)cc1Sc1ccc(CC[C@@](C)(CC(C)(C)P(=O)([O-])[O-])NC(=O)OC(C)(C)C)c(Cl)c1. The van der Waals surface area contributed by atoms with Crippen molar-refractivity contribution in [3.8, 4) is 5.75 Å². The Kier molecular flexibility index (Phi) is 11.9. The van der Waals surface area contributed by atoms with Gasteiger partial charge in [0.25, 0.3) is 0 Å². The minimum atomic E-state index is -5.03. The summed E-state index contributed by atoms with van der Waals surface area (Å²) in [6.45, 7) is 9.13. The molecule has 1 amide bonds. The van der Waals surface area contributed by atoms with Crippen LogP contribution in [0.3, 0.4) is 0 Å². The number of carbonyl (C=O) groups is 1. The van der Waals surface area contributed by atoms with Crippen molar-refractivity contribution >= 4 is 37.1 Å². The smallest absolute Gasteiger partial charge is 0.416 e. The Hall–Kier alpha value is -1.95. The van der Waals surface area contributed by atoms with E-state index < -0.39 is 41.7 Å². The van der Waals surface area contributed by atoms with Crippen molar-refractivity contribution in [2.75, 3.05) is 13.9 Å². The Morgan fingerprint density at radius 1 is 1.05 bits per heavy atom. The molecule has 0 heterocycles. The van der Waals surface area contributed by atoms with Crippen LogP contribution >= 0.6 is 31.0 Å². The van der Waals surface area contributed by atoms with Crippen LogP contribution in [-0.2, 0) is 26.6 Å². The van der Waals surface area contributed by atoms with Gasteiger partial charge in [-0.05, 0) is 88.0 Å². The number of aryl methyl sites for hydroxylation is 1. The van der Waals surface area contributed by atoms with Gasteiger partial charge < -0.3 is 33.9 Å². The quantitative estimate of drug-likeness (QED) is 0.196. The molecule has 0 spiro atoms. The molecule has 0 saturated heterocycles. The van der Waals surface area contributed by atoms with E-state index in [1.165, 1.54) is 27.0 Å². The largest absolute Gasteiger partial charge is 0.810 e. The summed E-state index contributed by atoms with van der Waals surface area (Å²) in [6, 6.07) is 8.10. The molecule has 0 aliphatic carbocycles. The average molecular weight is 654 g/mol. The van der Waals surface area contributed by atoms with Gasteiger partial charge in [0.15, 0.2) is 6.79 Å². The van der Waals surface area contributed by atoms with Crippen LogP contribution in [0.15, 0.2) is 46.2 Å². The first kappa shape index (κ1) is 36.2. The zero-order chi connectivity index (χ0) is 32.1. The first-order valence-corrected chi connectivity index (χ1v) is 15.6. The number of alkyl carbamates (subject to hydrolysis) is 1. The second-order valence-corrected chi connectivity index (χ2v) is 15.5. The molecule has 0 aliphatic heterocycles. The standard InChI is InChI=1S/C28H38ClF3NO7PS/c1-25(2,3)40-24(34)33-27(6,16-26(4,5)41(35,36)37)13-12-18-8-10-20(15-21(18)29)42-23-14-19(28(30,31)32)9-11-22(23)39-17-38-7/h8-11,14-15H,12-13,16-17H2,1-7H3,(H,33,34)(H2,35,36,37)/p-2/t27-/m0/s1. The van der Waals surface area contributed by atoms with Crippen LogP contribution in [0.25, 0.3) is 0 Å². The van der Waals surface area contributed by atoms with Gasteiger partial charge in [-0.2, -0.15) is 13.2 Å². The highest BCUT2D eigenvalue weighted by Crippen LogP contribution is 2.48. The number of ether oxygens (including phenoxy) is 3. The molecule has 1 atom stereocenters. The van der Waals surface area contributed by atoms with Crippen molar-refractivity contribution in [3.63, 3.8) is 0 Å². The molecule has 2 aromatic rings. The Morgan fingerprint density at radius 2 is 1.69 bits per heavy atom. The number of hydrogen-bond donors (Lipinski definition) is 1. The lowest BCUT2D eigenvalue weighted by Gasteiger charge is -2.49. The summed E-state index contributed by atoms with van der Waals surface area (Å²) >= 11 is 7.58. The van der Waals surface area contributed by atoms with Crippen LogP contribution < -0.4 is 19.8 Å². The van der Waals surface area contributed by atoms with Crippen LogP contribution in [0, 0.1) is 0 Å². The zero-order valence-electron chi connectivity index (χ0n) is 24.5. The Labute approximate surface area is 253 Å². The highest BCUT2D eigenvalue weighted by atomic mass is 35.5. The lowest BCUT2D eigenvalue weighted by atomic mass is 9.85. The molecule has 0 saturated carbocycles. The van der Waals surface area contributed by atoms with Crippen LogP contribution in [0.2, 0.25) is 5.02 Å². The number of halogens is 4. The molecule has 0 aliphatic rings. The van der Waals surface area contributed by atoms with E-state index in [4.69, 9.17) is 25.8 Å². The minimum Gasteiger partial charge on any atom is -0.810 e. The lowest BCUT2D eigenvalue weighted by molar-refractivity contribution is -0.320. The molecule has 14 heteroatoms. The van der Waals surface area contributed by atoms with E-state index >= 15 is 0 Å². The normalized spacial score (nSPS) is 14.3. The van der Waals surface area contributed by atoms with Crippen molar-refractivity contribution in [3.05, 3.63) is 52.5 Å². The molecular weight excluding hydrogens is 618 g/mol. The fourth-order valence-electron chi connectivity index (χ4n) is 4.13. The highest BCUT2D eigenvalue weighted by molar-refractivity contribution is 7.99. The lowest BCUT2D eigenvalue weighted by Crippen LogP contribution is -2.53. The number of hydrogen-bond acceptors (Lipinski definition) is 8. The number of alkyl halides is 3. The van der Waals surface area contributed by atoms with Gasteiger partial charge in [0.1, 0.15) is 11.4 Å². The van der Waals surface area contributed by atoms with Crippen molar-refractivity contribution in [1.29, 1.82) is 0 Å². The predicted octanol–water partition coefficient (Wildman–Crippen LogP) is 6.79. The predicted molar refractivity (Wildman–Crippen MR) is 152 cm³/mol. The molecule has 1 N–H and O–H groups in total. The van der Waals surface area contributed by atoms with E-state index in [0.717, 1.165) is 23.9 Å². The summed E-state index contributed by atoms with van der Waals surface area (Å²) in [7, 11) is -3.64. The van der Waals surface area contributed by atoms with Crippen molar-refractivity contribution < 1.29 is 46.5 Å². The van der Waals surface area contributed by atoms with Crippen molar-refractivity contribution in [2.24, 2.45) is 0 Å². The van der Waals surface area contributed by atoms with Gasteiger partial charge in [-0.1, -0.05) is 50.9 Å². The van der Waals surface area contributed by atoms with Crippen LogP contribution in [0.1, 0.15) is 65.5 Å². The molecule has 2 aromatic carbocycles. The topological polar surface area (TPSA) is 120 Å². The van der Waals surface area contributed by atoms with E-state index in [-0.39, 0.29) is 36.7 Å². The van der Waals surface area contributed by atoms with Gasteiger partial charge in [0, 0.05) is 22.6 Å². The highest BCUT2D eigenvalue weighted by Gasteiger charge is 2.37. The number of rotatable bonds is 12. The van der Waals surface area contributed by atoms with Gasteiger partial charge in [-0.15, -0.1) is 0 Å². The second kappa shape index (κ2) is 13.8. The van der Waals surface area contributed by atoms with Gasteiger partial charge in [-0.3, -0.25) is 0 Å². The third-order valence-corrected chi connectivity index (χ3v) is 9.19. The Morgan fingerprint density at radius 3 is 2.21 bits per heavy atom. The van der Waals surface area contributed by atoms with Gasteiger partial charge in [-0.25, -0.2) is 4.79 Å². The maximum atomic E-state index is 13.3. The van der Waals surface area contributed by atoms with Gasteiger partial charge in [0.05, 0.1) is 10.5 Å². The summed E-state index contributed by atoms with van der Waals surface area (Å²) < 4.78 is 67.6. The second-order valence-electron chi connectivity index (χ2n) is 11.7. The molecule has 42 heavy (non-hydrogen) atoms. The molecule has 0 unspecified atom stereocenters. The maximum absolute atomic E-state index is 13.3. The molecule has 236 valence electrons. The molecule has 0 bridgehead atoms. The summed E-state index contributed by atoms with van der Waals surface area (Å²) in [4.78, 5) is 37.3. The Bertz CT molecular complexity index is 1300. The first-order chi connectivity index (χ1) is 19.1. The Balaban J connectivity index is 2.31.